The second-order valence-corrected chi connectivity index (χ2v) is 10.2. The number of halogens is 1. The average molecular weight is 578 g/mol. The minimum Gasteiger partial charge on any atom is -0.465 e. The third kappa shape index (κ3) is 7.14. The summed E-state index contributed by atoms with van der Waals surface area (Å²) in [6, 6.07) is 25.7. The Morgan fingerprint density at radius 3 is 2.10 bits per heavy atom. The molecule has 1 N–H and O–H groups in total. The number of unbranched alkanes of at least 4 members (excludes halogenated alkanes) is 1. The van der Waals surface area contributed by atoms with Crippen LogP contribution in [0.3, 0.4) is 0 Å². The Balaban J connectivity index is 0.00000387. The summed E-state index contributed by atoms with van der Waals surface area (Å²) in [7, 11) is 1.27. The molecule has 0 spiro atoms. The van der Waals surface area contributed by atoms with Crippen LogP contribution in [0, 0.1) is 0 Å². The van der Waals surface area contributed by atoms with E-state index in [0.717, 1.165) is 45.3 Å². The third-order valence-electron chi connectivity index (χ3n) is 7.61. The average Bonchev–Trinajstić information content (AvgIpc) is 3.00. The van der Waals surface area contributed by atoms with Crippen LogP contribution >= 0.6 is 12.4 Å². The summed E-state index contributed by atoms with van der Waals surface area (Å²) >= 11 is 0. The number of piperidine rings is 1. The Labute approximate surface area is 245 Å². The fourth-order valence-electron chi connectivity index (χ4n) is 5.51. The van der Waals surface area contributed by atoms with Gasteiger partial charge in [0.05, 0.1) is 29.7 Å². The second-order valence-electron chi connectivity index (χ2n) is 10.2. The number of aryl methyl sites for hydroxylation is 1. The summed E-state index contributed by atoms with van der Waals surface area (Å²) in [6.07, 6.45) is 3.73. The van der Waals surface area contributed by atoms with Crippen molar-refractivity contribution in [3.63, 3.8) is 0 Å². The molecular weight excluding hydrogens is 542 g/mol. The zero-order valence-corrected chi connectivity index (χ0v) is 24.0. The molecule has 0 atom stereocenters. The molecule has 0 radical (unpaired) electrons. The van der Waals surface area contributed by atoms with Crippen molar-refractivity contribution in [2.45, 2.75) is 44.4 Å². The summed E-state index contributed by atoms with van der Waals surface area (Å²) in [6.45, 7) is 3.30. The number of methoxy groups -OCH3 is 1. The molecule has 1 fully saturated rings. The maximum atomic E-state index is 12.6. The van der Waals surface area contributed by atoms with Gasteiger partial charge in [0, 0.05) is 19.6 Å². The van der Waals surface area contributed by atoms with Gasteiger partial charge < -0.3 is 14.4 Å². The normalized spacial score (nSPS) is 14.2. The van der Waals surface area contributed by atoms with Gasteiger partial charge in [0.1, 0.15) is 6.10 Å². The summed E-state index contributed by atoms with van der Waals surface area (Å²) < 4.78 is 13.0. The molecule has 5 rings (SSSR count). The maximum absolute atomic E-state index is 12.6. The van der Waals surface area contributed by atoms with Gasteiger partial charge >= 0.3 is 11.7 Å². The predicted octanol–water partition coefficient (Wildman–Crippen LogP) is 4.95. The van der Waals surface area contributed by atoms with E-state index in [2.05, 4.69) is 58.4 Å². The molecule has 41 heavy (non-hydrogen) atoms. The van der Waals surface area contributed by atoms with E-state index in [-0.39, 0.29) is 35.6 Å². The molecule has 9 heteroatoms. The summed E-state index contributed by atoms with van der Waals surface area (Å²) in [5, 5.41) is 0.181. The molecule has 0 aliphatic carbocycles. The number of esters is 1. The van der Waals surface area contributed by atoms with E-state index < -0.39 is 17.2 Å². The van der Waals surface area contributed by atoms with Gasteiger partial charge in [-0.1, -0.05) is 66.7 Å². The zero-order chi connectivity index (χ0) is 27.9. The number of fused-ring (bicyclic) bond motifs is 1. The molecule has 0 unspecified atom stereocenters. The molecule has 1 aromatic heterocycles. The number of ether oxygens (including phenoxy) is 2. The van der Waals surface area contributed by atoms with Gasteiger partial charge in [0.15, 0.2) is 0 Å². The van der Waals surface area contributed by atoms with Crippen molar-refractivity contribution in [2.75, 3.05) is 26.7 Å². The zero-order valence-electron chi connectivity index (χ0n) is 23.2. The smallest absolute Gasteiger partial charge is 0.338 e. The van der Waals surface area contributed by atoms with Crippen LogP contribution in [-0.2, 0) is 16.0 Å². The van der Waals surface area contributed by atoms with E-state index in [1.807, 2.05) is 12.1 Å². The molecule has 1 saturated heterocycles. The highest BCUT2D eigenvalue weighted by Crippen LogP contribution is 2.30. The van der Waals surface area contributed by atoms with E-state index in [4.69, 9.17) is 9.47 Å². The SMILES string of the molecule is COC(=O)c1cccc2c1c(=O)[nH]c(=O)n2CCCCN1CCC(OC(c2ccccc2)c2ccccc2)CC1.Cl. The minimum absolute atomic E-state index is 0. The van der Waals surface area contributed by atoms with Gasteiger partial charge in [-0.25, -0.2) is 9.59 Å². The molecule has 1 aliphatic heterocycles. The predicted molar refractivity (Wildman–Crippen MR) is 162 cm³/mol. The molecular formula is C32H36ClN3O5. The van der Waals surface area contributed by atoms with E-state index in [0.29, 0.717) is 12.1 Å². The largest absolute Gasteiger partial charge is 0.465 e. The van der Waals surface area contributed by atoms with Gasteiger partial charge in [-0.2, -0.15) is 0 Å². The topological polar surface area (TPSA) is 93.6 Å². The highest BCUT2D eigenvalue weighted by Gasteiger charge is 2.24. The lowest BCUT2D eigenvalue weighted by molar-refractivity contribution is -0.0271. The van der Waals surface area contributed by atoms with Gasteiger partial charge in [0.25, 0.3) is 5.56 Å². The molecule has 1 aliphatic rings. The summed E-state index contributed by atoms with van der Waals surface area (Å²) in [4.78, 5) is 42.1. The monoisotopic (exact) mass is 577 g/mol. The highest BCUT2D eigenvalue weighted by molar-refractivity contribution is 6.03. The Kier molecular flexibility index (Phi) is 10.5. The van der Waals surface area contributed by atoms with Crippen molar-refractivity contribution in [1.82, 2.24) is 14.5 Å². The van der Waals surface area contributed by atoms with E-state index in [1.54, 1.807) is 12.1 Å². The van der Waals surface area contributed by atoms with E-state index >= 15 is 0 Å². The lowest BCUT2D eigenvalue weighted by Gasteiger charge is -2.34. The van der Waals surface area contributed by atoms with Gasteiger partial charge in [-0.3, -0.25) is 14.3 Å². The van der Waals surface area contributed by atoms with Crippen LogP contribution in [0.15, 0.2) is 88.5 Å². The van der Waals surface area contributed by atoms with Crippen LogP contribution < -0.4 is 11.2 Å². The fraction of sp³-hybridized carbons (Fsp3) is 0.344. The van der Waals surface area contributed by atoms with Crippen molar-refractivity contribution >= 4 is 29.3 Å². The number of aromatic amines is 1. The number of nitrogens with zero attached hydrogens (tertiary/aromatic N) is 2. The van der Waals surface area contributed by atoms with Crippen LogP contribution in [0.5, 0.6) is 0 Å². The van der Waals surface area contributed by atoms with Gasteiger partial charge in [-0.05, 0) is 55.5 Å². The Bertz CT molecular complexity index is 1510. The number of hydrogen-bond donors (Lipinski definition) is 1. The van der Waals surface area contributed by atoms with Crippen LogP contribution in [0.1, 0.15) is 53.3 Å². The molecule has 216 valence electrons. The first-order chi connectivity index (χ1) is 19.5. The number of carbonyl (C=O) groups excluding carboxylic acids is 1. The second kappa shape index (κ2) is 14.3. The Morgan fingerprint density at radius 1 is 0.878 bits per heavy atom. The summed E-state index contributed by atoms with van der Waals surface area (Å²) in [5.74, 6) is -0.604. The molecule has 3 aromatic carbocycles. The number of carbonyl (C=O) groups is 1. The number of rotatable bonds is 10. The van der Waals surface area contributed by atoms with Crippen molar-refractivity contribution in [3.05, 3.63) is 116 Å². The lowest BCUT2D eigenvalue weighted by Crippen LogP contribution is -2.38. The van der Waals surface area contributed by atoms with Crippen LogP contribution in [0.4, 0.5) is 0 Å². The lowest BCUT2D eigenvalue weighted by atomic mass is 10.00. The standard InChI is InChI=1S/C32H35N3O5.ClH/c1-39-31(37)26-15-10-16-27-28(26)30(36)33-32(38)35(27)20-9-8-19-34-21-17-25(18-22-34)40-29(23-11-4-2-5-12-23)24-13-6-3-7-14-24;/h2-7,10-16,25,29H,8-9,17-22H2,1H3,(H,33,36,38);1H. The number of benzene rings is 3. The van der Waals surface area contributed by atoms with Crippen LogP contribution in [0.2, 0.25) is 0 Å². The fourth-order valence-corrected chi connectivity index (χ4v) is 5.51. The van der Waals surface area contributed by atoms with Crippen molar-refractivity contribution in [2.24, 2.45) is 0 Å². The number of aromatic nitrogens is 2. The van der Waals surface area contributed by atoms with Crippen LogP contribution in [0.25, 0.3) is 10.9 Å². The molecule has 0 amide bonds. The number of H-pyrrole nitrogens is 1. The van der Waals surface area contributed by atoms with E-state index in [9.17, 15) is 14.4 Å². The van der Waals surface area contributed by atoms with Gasteiger partial charge in [-0.15, -0.1) is 12.4 Å². The molecule has 0 bridgehead atoms. The number of hydrogen-bond acceptors (Lipinski definition) is 6. The van der Waals surface area contributed by atoms with Crippen molar-refractivity contribution in [1.29, 1.82) is 0 Å². The molecule has 4 aromatic rings. The van der Waals surface area contributed by atoms with Crippen molar-refractivity contribution in [3.8, 4) is 0 Å². The van der Waals surface area contributed by atoms with Crippen LogP contribution in [-0.4, -0.2) is 53.3 Å². The molecule has 0 saturated carbocycles. The first kappa shape index (κ1) is 30.2. The van der Waals surface area contributed by atoms with Gasteiger partial charge in [0.2, 0.25) is 0 Å². The first-order valence-electron chi connectivity index (χ1n) is 13.9. The summed E-state index contributed by atoms with van der Waals surface area (Å²) in [5.41, 5.74) is 1.88. The van der Waals surface area contributed by atoms with Crippen molar-refractivity contribution < 1.29 is 14.3 Å². The molecule has 2 heterocycles. The third-order valence-corrected chi connectivity index (χ3v) is 7.61. The van der Waals surface area contributed by atoms with E-state index in [1.165, 1.54) is 28.9 Å². The Morgan fingerprint density at radius 2 is 1.49 bits per heavy atom. The number of nitrogens with one attached hydrogen (secondary N) is 1. The maximum Gasteiger partial charge on any atom is 0.338 e. The molecule has 8 nitrogen and oxygen atoms in total. The first-order valence-corrected chi connectivity index (χ1v) is 13.9. The minimum atomic E-state index is -0.604. The highest BCUT2D eigenvalue weighted by atomic mass is 35.5. The Hall–Kier alpha value is -3.72. The number of likely N-dealkylation sites (tertiary alicyclic amines) is 1. The quantitative estimate of drug-likeness (QED) is 0.212.